The van der Waals surface area contributed by atoms with E-state index in [1.165, 1.54) is 11.3 Å². The first-order valence-corrected chi connectivity index (χ1v) is 17.5. The molecule has 0 radical (unpaired) electrons. The molecule has 1 aliphatic rings. The van der Waals surface area contributed by atoms with Crippen molar-refractivity contribution in [2.24, 2.45) is 4.99 Å². The van der Waals surface area contributed by atoms with Gasteiger partial charge in [0.2, 0.25) is 0 Å². The molecule has 0 amide bonds. The molecule has 1 aliphatic heterocycles. The maximum absolute atomic E-state index is 14.1. The summed E-state index contributed by atoms with van der Waals surface area (Å²) >= 11 is 15.6. The van der Waals surface area contributed by atoms with Crippen LogP contribution >= 0.6 is 84.0 Å². The van der Waals surface area contributed by atoms with Crippen molar-refractivity contribution in [3.05, 3.63) is 119 Å². The zero-order valence-corrected chi connectivity index (χ0v) is 31.5. The van der Waals surface area contributed by atoms with E-state index in [4.69, 9.17) is 30.8 Å². The fourth-order valence-electron chi connectivity index (χ4n) is 4.79. The molecule has 0 fully saturated rings. The summed E-state index contributed by atoms with van der Waals surface area (Å²) in [4.78, 5) is 32.7. The van der Waals surface area contributed by atoms with Gasteiger partial charge in [-0.25, -0.2) is 9.79 Å². The van der Waals surface area contributed by atoms with Crippen LogP contribution in [-0.2, 0) is 16.1 Å². The van der Waals surface area contributed by atoms with E-state index >= 15 is 0 Å². The van der Waals surface area contributed by atoms with E-state index in [2.05, 4.69) is 61.1 Å². The Morgan fingerprint density at radius 2 is 1.86 bits per heavy atom. The van der Waals surface area contributed by atoms with Gasteiger partial charge in [0.15, 0.2) is 4.80 Å². The number of carbonyl (C=O) groups excluding carboxylic acids is 1. The molecule has 12 heteroatoms. The SMILES string of the molecule is COc1ccc(Br)cc1[C@@H]1C(C(=O)OC(C)C)=C(C)N=c2s/c(=C\c3cc(I)c(OCc4ccccc4Cl)c(I)c3)c(=O)n21. The number of nitrogens with zero attached hydrogens (tertiary/aromatic N) is 2. The molecule has 0 bridgehead atoms. The van der Waals surface area contributed by atoms with Crippen molar-refractivity contribution in [2.45, 2.75) is 39.5 Å². The molecule has 228 valence electrons. The third-order valence-electron chi connectivity index (χ3n) is 6.72. The third kappa shape index (κ3) is 6.96. The number of benzene rings is 3. The molecule has 0 spiro atoms. The first-order chi connectivity index (χ1) is 21.0. The number of rotatable bonds is 8. The number of esters is 1. The smallest absolute Gasteiger partial charge is 0.338 e. The lowest BCUT2D eigenvalue weighted by Crippen LogP contribution is -2.40. The highest BCUT2D eigenvalue weighted by atomic mass is 127. The maximum Gasteiger partial charge on any atom is 0.338 e. The summed E-state index contributed by atoms with van der Waals surface area (Å²) in [6, 6.07) is 16.2. The van der Waals surface area contributed by atoms with Crippen LogP contribution in [0.2, 0.25) is 5.02 Å². The standard InChI is InChI=1S/C32H26BrClI2N2O5S/c1-16(2)43-31(40)27-17(3)37-32-38(28(27)21-14-20(33)9-10-25(21)41-4)30(39)26(44-32)13-18-11-23(35)29(24(36)12-18)42-15-19-7-5-6-8-22(19)34/h5-14,16,28H,15H2,1-4H3/b26-13-/t28-/m1/s1. The summed E-state index contributed by atoms with van der Waals surface area (Å²) in [6.07, 6.45) is 1.49. The van der Waals surface area contributed by atoms with Crippen molar-refractivity contribution in [1.29, 1.82) is 0 Å². The second kappa shape index (κ2) is 14.1. The maximum atomic E-state index is 14.1. The summed E-state index contributed by atoms with van der Waals surface area (Å²) in [5.41, 5.74) is 2.88. The van der Waals surface area contributed by atoms with Crippen molar-refractivity contribution in [2.75, 3.05) is 7.11 Å². The first-order valence-electron chi connectivity index (χ1n) is 13.4. The van der Waals surface area contributed by atoms with Crippen LogP contribution < -0.4 is 24.4 Å². The average molecular weight is 920 g/mol. The lowest BCUT2D eigenvalue weighted by molar-refractivity contribution is -0.143. The molecule has 44 heavy (non-hydrogen) atoms. The first kappa shape index (κ1) is 33.2. The Bertz CT molecular complexity index is 1970. The number of aromatic nitrogens is 1. The average Bonchev–Trinajstić information content (AvgIpc) is 3.26. The van der Waals surface area contributed by atoms with Crippen molar-refractivity contribution >= 4 is 96.1 Å². The number of carbonyl (C=O) groups is 1. The largest absolute Gasteiger partial charge is 0.496 e. The van der Waals surface area contributed by atoms with Crippen LogP contribution in [0.25, 0.3) is 6.08 Å². The number of hydrogen-bond donors (Lipinski definition) is 0. The molecule has 2 heterocycles. The van der Waals surface area contributed by atoms with Gasteiger partial charge in [-0.3, -0.25) is 9.36 Å². The minimum Gasteiger partial charge on any atom is -0.496 e. The topological polar surface area (TPSA) is 79.1 Å². The lowest BCUT2D eigenvalue weighted by Gasteiger charge is -2.26. The number of thiazole rings is 1. The monoisotopic (exact) mass is 918 g/mol. The van der Waals surface area contributed by atoms with Crippen LogP contribution in [0.15, 0.2) is 80.1 Å². The van der Waals surface area contributed by atoms with Gasteiger partial charge in [-0.05, 0) is 114 Å². The van der Waals surface area contributed by atoms with Crippen molar-refractivity contribution in [1.82, 2.24) is 4.57 Å². The zero-order chi connectivity index (χ0) is 31.7. The number of hydrogen-bond acceptors (Lipinski definition) is 7. The molecule has 0 aliphatic carbocycles. The third-order valence-corrected chi connectivity index (χ3v) is 10.2. The number of allylic oxidation sites excluding steroid dienone is 1. The highest BCUT2D eigenvalue weighted by Crippen LogP contribution is 2.37. The second-order valence-electron chi connectivity index (χ2n) is 10.1. The Labute approximate surface area is 299 Å². The van der Waals surface area contributed by atoms with E-state index in [1.54, 1.807) is 38.5 Å². The fourth-order valence-corrected chi connectivity index (χ4v) is 8.53. The summed E-state index contributed by atoms with van der Waals surface area (Å²) in [7, 11) is 1.56. The molecule has 3 aromatic carbocycles. The number of fused-ring (bicyclic) bond motifs is 1. The molecule has 1 aromatic heterocycles. The van der Waals surface area contributed by atoms with E-state index in [0.29, 0.717) is 38.0 Å². The van der Waals surface area contributed by atoms with Gasteiger partial charge in [0.1, 0.15) is 24.1 Å². The zero-order valence-electron chi connectivity index (χ0n) is 24.0. The van der Waals surface area contributed by atoms with Crippen molar-refractivity contribution < 1.29 is 19.0 Å². The van der Waals surface area contributed by atoms with Gasteiger partial charge in [0, 0.05) is 20.6 Å². The van der Waals surface area contributed by atoms with Gasteiger partial charge >= 0.3 is 5.97 Å². The van der Waals surface area contributed by atoms with Crippen molar-refractivity contribution in [3.63, 3.8) is 0 Å². The van der Waals surface area contributed by atoms with E-state index in [9.17, 15) is 9.59 Å². The van der Waals surface area contributed by atoms with E-state index in [0.717, 1.165) is 28.5 Å². The minimum atomic E-state index is -0.798. The summed E-state index contributed by atoms with van der Waals surface area (Å²) < 4.78 is 22.0. The molecular weight excluding hydrogens is 894 g/mol. The van der Waals surface area contributed by atoms with Crippen LogP contribution in [0, 0.1) is 7.14 Å². The molecule has 1 atom stereocenters. The minimum absolute atomic E-state index is 0.271. The van der Waals surface area contributed by atoms with Crippen LogP contribution in [0.3, 0.4) is 0 Å². The van der Waals surface area contributed by atoms with Gasteiger partial charge < -0.3 is 14.2 Å². The van der Waals surface area contributed by atoms with Gasteiger partial charge in [-0.15, -0.1) is 0 Å². The summed E-state index contributed by atoms with van der Waals surface area (Å²) in [5.74, 6) is 0.753. The molecule has 7 nitrogen and oxygen atoms in total. The Hall–Kier alpha value is -2.20. The Morgan fingerprint density at radius 3 is 2.52 bits per heavy atom. The molecule has 0 N–H and O–H groups in total. The normalized spacial score (nSPS) is 14.8. The quantitative estimate of drug-likeness (QED) is 0.136. The molecule has 0 saturated heterocycles. The van der Waals surface area contributed by atoms with E-state index in [-0.39, 0.29) is 17.2 Å². The molecule has 0 saturated carbocycles. The lowest BCUT2D eigenvalue weighted by atomic mass is 9.95. The van der Waals surface area contributed by atoms with Crippen LogP contribution in [0.1, 0.15) is 43.5 Å². The predicted octanol–water partition coefficient (Wildman–Crippen LogP) is 7.40. The molecule has 5 rings (SSSR count). The van der Waals surface area contributed by atoms with Gasteiger partial charge in [0.05, 0.1) is 36.2 Å². The number of ether oxygens (including phenoxy) is 3. The Kier molecular flexibility index (Phi) is 10.6. The summed E-state index contributed by atoms with van der Waals surface area (Å²) in [5, 5.41) is 0.652. The second-order valence-corrected chi connectivity index (χ2v) is 14.8. The van der Waals surface area contributed by atoms with Crippen LogP contribution in [0.5, 0.6) is 11.5 Å². The number of methoxy groups -OCH3 is 1. The highest BCUT2D eigenvalue weighted by molar-refractivity contribution is 14.1. The van der Waals surface area contributed by atoms with E-state index in [1.807, 2.05) is 54.6 Å². The van der Waals surface area contributed by atoms with Crippen LogP contribution in [-0.4, -0.2) is 23.8 Å². The molecule has 4 aromatic rings. The van der Waals surface area contributed by atoms with Crippen molar-refractivity contribution in [3.8, 4) is 11.5 Å². The predicted molar refractivity (Wildman–Crippen MR) is 193 cm³/mol. The Morgan fingerprint density at radius 1 is 1.16 bits per heavy atom. The molecular formula is C32H26BrClI2N2O5S. The van der Waals surface area contributed by atoms with Gasteiger partial charge in [-0.1, -0.05) is 57.1 Å². The molecule has 0 unspecified atom stereocenters. The number of halogens is 4. The Balaban J connectivity index is 1.60. The highest BCUT2D eigenvalue weighted by Gasteiger charge is 2.35. The van der Waals surface area contributed by atoms with E-state index < -0.39 is 12.0 Å². The van der Waals surface area contributed by atoms with Gasteiger partial charge in [-0.2, -0.15) is 0 Å². The van der Waals surface area contributed by atoms with Gasteiger partial charge in [0.25, 0.3) is 5.56 Å². The van der Waals surface area contributed by atoms with Crippen LogP contribution in [0.4, 0.5) is 0 Å². The summed E-state index contributed by atoms with van der Waals surface area (Å²) in [6.45, 7) is 5.67. The fraction of sp³-hybridized carbons (Fsp3) is 0.219.